The van der Waals surface area contributed by atoms with Crippen molar-refractivity contribution in [3.05, 3.63) is 59.7 Å². The number of para-hydroxylation sites is 1. The van der Waals surface area contributed by atoms with Gasteiger partial charge in [0.15, 0.2) is 5.78 Å². The Morgan fingerprint density at radius 3 is 2.50 bits per heavy atom. The highest BCUT2D eigenvalue weighted by molar-refractivity contribution is 6.16. The smallest absolute Gasteiger partial charge is 0.231 e. The van der Waals surface area contributed by atoms with Crippen molar-refractivity contribution in [2.75, 3.05) is 0 Å². The van der Waals surface area contributed by atoms with E-state index in [2.05, 4.69) is 10.3 Å². The normalized spacial score (nSPS) is 21.1. The Labute approximate surface area is 125 Å². The van der Waals surface area contributed by atoms with Crippen molar-refractivity contribution in [3.63, 3.8) is 0 Å². The van der Waals surface area contributed by atoms with Crippen LogP contribution >= 0.6 is 0 Å². The molecule has 0 radical (unpaired) electrons. The highest BCUT2D eigenvalue weighted by Gasteiger charge is 2.47. The molecule has 1 heterocycles. The molecule has 1 aromatic heterocycles. The Bertz CT molecular complexity index is 931. The van der Waals surface area contributed by atoms with E-state index < -0.39 is 11.5 Å². The fourth-order valence-electron chi connectivity index (χ4n) is 2.85. The van der Waals surface area contributed by atoms with Gasteiger partial charge >= 0.3 is 0 Å². The van der Waals surface area contributed by atoms with Crippen LogP contribution in [0.2, 0.25) is 0 Å². The summed E-state index contributed by atoms with van der Waals surface area (Å²) in [7, 11) is 0. The topological polar surface area (TPSA) is 85.1 Å². The Hall–Kier alpha value is -2.86. The Morgan fingerprint density at radius 2 is 1.68 bits per heavy atom. The fraction of sp³-hybridized carbons (Fsp3) is 0.125. The van der Waals surface area contributed by atoms with E-state index >= 15 is 0 Å². The molecular weight excluding hydrogens is 282 g/mol. The quantitative estimate of drug-likeness (QED) is 0.735. The molecule has 0 amide bonds. The zero-order valence-corrected chi connectivity index (χ0v) is 11.4. The van der Waals surface area contributed by atoms with Crippen molar-refractivity contribution < 1.29 is 14.7 Å². The number of nitrogens with zero attached hydrogens (tertiary/aromatic N) is 3. The molecule has 0 spiro atoms. The zero-order valence-electron chi connectivity index (χ0n) is 11.4. The van der Waals surface area contributed by atoms with Crippen LogP contribution in [-0.2, 0) is 5.72 Å². The van der Waals surface area contributed by atoms with Gasteiger partial charge in [0.05, 0.1) is 11.9 Å². The molecule has 4 rings (SSSR count). The third kappa shape index (κ3) is 1.58. The first-order valence-electron chi connectivity index (χ1n) is 6.81. The largest absolute Gasteiger partial charge is 0.362 e. The number of hydrogen-bond donors (Lipinski definition) is 1. The number of fused-ring (bicyclic) bond motifs is 2. The Morgan fingerprint density at radius 1 is 1.00 bits per heavy atom. The average molecular weight is 293 g/mol. The van der Waals surface area contributed by atoms with Gasteiger partial charge in [-0.3, -0.25) is 9.59 Å². The van der Waals surface area contributed by atoms with Gasteiger partial charge in [-0.05, 0) is 12.1 Å². The van der Waals surface area contributed by atoms with Crippen molar-refractivity contribution >= 4 is 22.6 Å². The molecule has 1 aliphatic carbocycles. The Kier molecular flexibility index (Phi) is 2.52. The summed E-state index contributed by atoms with van der Waals surface area (Å²) in [5, 5.41) is 18.7. The molecule has 1 N–H and O–H groups in total. The van der Waals surface area contributed by atoms with Crippen LogP contribution in [0.25, 0.3) is 11.0 Å². The van der Waals surface area contributed by atoms with Crippen molar-refractivity contribution in [2.24, 2.45) is 0 Å². The summed E-state index contributed by atoms with van der Waals surface area (Å²) in [6.07, 6.45) is -0.351. The predicted molar refractivity (Wildman–Crippen MR) is 77.4 cm³/mol. The molecular formula is C16H11N3O3. The van der Waals surface area contributed by atoms with Crippen LogP contribution in [0.1, 0.15) is 27.1 Å². The van der Waals surface area contributed by atoms with Crippen LogP contribution in [0.5, 0.6) is 0 Å². The fourth-order valence-corrected chi connectivity index (χ4v) is 2.85. The van der Waals surface area contributed by atoms with E-state index in [9.17, 15) is 14.7 Å². The summed E-state index contributed by atoms with van der Waals surface area (Å²) in [5.41, 5.74) is -0.440. The second-order valence-electron chi connectivity index (χ2n) is 5.28. The number of aliphatic hydroxyl groups is 1. The van der Waals surface area contributed by atoms with Gasteiger partial charge in [-0.1, -0.05) is 41.6 Å². The standard InChI is InChI=1S/C16H11N3O3/c20-14-9-16(22,15(21)11-6-2-1-5-10(11)14)19-13-8-4-3-7-12(13)17-18-19/h1-8,22H,9H2. The van der Waals surface area contributed by atoms with Crippen LogP contribution < -0.4 is 0 Å². The third-order valence-electron chi connectivity index (χ3n) is 3.95. The van der Waals surface area contributed by atoms with E-state index in [-0.39, 0.29) is 17.8 Å². The summed E-state index contributed by atoms with van der Waals surface area (Å²) in [5.74, 6) is -0.837. The summed E-state index contributed by atoms with van der Waals surface area (Å²) >= 11 is 0. The minimum absolute atomic E-state index is 0.209. The molecule has 1 aliphatic rings. The molecule has 1 atom stereocenters. The van der Waals surface area contributed by atoms with Crippen molar-refractivity contribution in [1.82, 2.24) is 15.0 Å². The van der Waals surface area contributed by atoms with Crippen LogP contribution in [0.15, 0.2) is 48.5 Å². The van der Waals surface area contributed by atoms with Gasteiger partial charge in [0.2, 0.25) is 11.5 Å². The first-order chi connectivity index (χ1) is 10.6. The average Bonchev–Trinajstić information content (AvgIpc) is 2.97. The Balaban J connectivity index is 1.95. The number of carbonyl (C=O) groups is 2. The maximum atomic E-state index is 12.7. The van der Waals surface area contributed by atoms with Gasteiger partial charge in [0.25, 0.3) is 0 Å². The monoisotopic (exact) mass is 293 g/mol. The van der Waals surface area contributed by atoms with Crippen molar-refractivity contribution in [1.29, 1.82) is 0 Å². The van der Waals surface area contributed by atoms with E-state index in [1.54, 1.807) is 48.5 Å². The maximum absolute atomic E-state index is 12.7. The van der Waals surface area contributed by atoms with E-state index in [1.165, 1.54) is 0 Å². The van der Waals surface area contributed by atoms with Crippen molar-refractivity contribution in [2.45, 2.75) is 12.1 Å². The lowest BCUT2D eigenvalue weighted by molar-refractivity contribution is -0.0256. The molecule has 108 valence electrons. The molecule has 0 bridgehead atoms. The molecule has 0 saturated heterocycles. The lowest BCUT2D eigenvalue weighted by atomic mass is 9.83. The number of hydrogen-bond acceptors (Lipinski definition) is 5. The SMILES string of the molecule is O=C1CC(O)(n2nnc3ccccc32)C(=O)c2ccccc21. The van der Waals surface area contributed by atoms with Crippen LogP contribution in [0.4, 0.5) is 0 Å². The van der Waals surface area contributed by atoms with Gasteiger partial charge in [-0.25, -0.2) is 4.68 Å². The molecule has 1 unspecified atom stereocenters. The second kappa shape index (κ2) is 4.32. The van der Waals surface area contributed by atoms with Gasteiger partial charge in [0, 0.05) is 11.1 Å². The highest BCUT2D eigenvalue weighted by Crippen LogP contribution is 2.33. The number of ketones is 2. The van der Waals surface area contributed by atoms with Gasteiger partial charge in [0.1, 0.15) is 5.52 Å². The lowest BCUT2D eigenvalue weighted by Crippen LogP contribution is -2.48. The number of aromatic nitrogens is 3. The summed E-state index contributed by atoms with van der Waals surface area (Å²) in [6, 6.07) is 13.5. The molecule has 0 saturated carbocycles. The van der Waals surface area contributed by atoms with E-state index in [0.29, 0.717) is 16.6 Å². The molecule has 2 aromatic carbocycles. The van der Waals surface area contributed by atoms with E-state index in [1.807, 2.05) is 0 Å². The highest BCUT2D eigenvalue weighted by atomic mass is 16.3. The molecule has 6 nitrogen and oxygen atoms in total. The summed E-state index contributed by atoms with van der Waals surface area (Å²) < 4.78 is 1.14. The van der Waals surface area contributed by atoms with E-state index in [0.717, 1.165) is 4.68 Å². The third-order valence-corrected chi connectivity index (χ3v) is 3.95. The molecule has 3 aromatic rings. The molecule has 0 aliphatic heterocycles. The van der Waals surface area contributed by atoms with Gasteiger partial charge < -0.3 is 5.11 Å². The predicted octanol–water partition coefficient (Wildman–Crippen LogP) is 1.55. The molecule has 6 heteroatoms. The summed E-state index contributed by atoms with van der Waals surface area (Å²) in [6.45, 7) is 0. The number of rotatable bonds is 1. The first-order valence-corrected chi connectivity index (χ1v) is 6.81. The summed E-state index contributed by atoms with van der Waals surface area (Å²) in [4.78, 5) is 25.0. The number of benzene rings is 2. The van der Waals surface area contributed by atoms with Gasteiger partial charge in [-0.15, -0.1) is 5.10 Å². The molecule has 0 fully saturated rings. The van der Waals surface area contributed by atoms with Crippen LogP contribution in [-0.4, -0.2) is 31.7 Å². The number of carbonyl (C=O) groups excluding carboxylic acids is 2. The first kappa shape index (κ1) is 12.8. The zero-order chi connectivity index (χ0) is 15.3. The van der Waals surface area contributed by atoms with Crippen LogP contribution in [0.3, 0.4) is 0 Å². The van der Waals surface area contributed by atoms with Gasteiger partial charge in [-0.2, -0.15) is 0 Å². The minimum Gasteiger partial charge on any atom is -0.362 e. The van der Waals surface area contributed by atoms with Crippen molar-refractivity contribution in [3.8, 4) is 0 Å². The number of Topliss-reactive ketones (excluding diaryl/α,β-unsaturated/α-hetero) is 2. The van der Waals surface area contributed by atoms with E-state index in [4.69, 9.17) is 0 Å². The minimum atomic E-state index is -2.04. The second-order valence-corrected chi connectivity index (χ2v) is 5.28. The molecule has 22 heavy (non-hydrogen) atoms. The van der Waals surface area contributed by atoms with Crippen LogP contribution in [0, 0.1) is 0 Å². The maximum Gasteiger partial charge on any atom is 0.231 e. The lowest BCUT2D eigenvalue weighted by Gasteiger charge is -2.30.